The van der Waals surface area contributed by atoms with Crippen LogP contribution in [0.4, 0.5) is 0 Å². The quantitative estimate of drug-likeness (QED) is 0.773. The Morgan fingerprint density at radius 3 is 2.25 bits per heavy atom. The minimum absolute atomic E-state index is 0. The molecular formula is C11H23ClN2OS. The standard InChI is InChI=1S/C11H22N2OS.ClH/c1-4-10(5-2,15-3)8-13-9(14)11(12)6-7-11;/h4-8,12H2,1-3H3,(H,13,14);1H. The van der Waals surface area contributed by atoms with Crippen molar-refractivity contribution in [3.05, 3.63) is 0 Å². The molecule has 0 aromatic heterocycles. The number of thioether (sulfide) groups is 1. The lowest BCUT2D eigenvalue weighted by molar-refractivity contribution is -0.123. The Labute approximate surface area is 109 Å². The van der Waals surface area contributed by atoms with E-state index in [1.54, 1.807) is 0 Å². The number of nitrogens with two attached hydrogens (primary N) is 1. The molecule has 0 aromatic rings. The molecule has 1 aliphatic rings. The molecule has 0 saturated heterocycles. The molecule has 0 atom stereocenters. The highest BCUT2D eigenvalue weighted by Crippen LogP contribution is 2.33. The molecule has 0 unspecified atom stereocenters. The van der Waals surface area contributed by atoms with Crippen molar-refractivity contribution in [1.82, 2.24) is 5.32 Å². The van der Waals surface area contributed by atoms with Crippen molar-refractivity contribution in [2.45, 2.75) is 49.8 Å². The number of halogens is 1. The van der Waals surface area contributed by atoms with Crippen LogP contribution >= 0.6 is 24.2 Å². The second kappa shape index (κ2) is 6.12. The van der Waals surface area contributed by atoms with Crippen molar-refractivity contribution in [3.63, 3.8) is 0 Å². The van der Waals surface area contributed by atoms with Crippen LogP contribution in [0.5, 0.6) is 0 Å². The highest BCUT2D eigenvalue weighted by Gasteiger charge is 2.46. The molecule has 5 heteroatoms. The number of hydrogen-bond acceptors (Lipinski definition) is 3. The van der Waals surface area contributed by atoms with E-state index in [0.717, 1.165) is 32.2 Å². The van der Waals surface area contributed by atoms with E-state index in [-0.39, 0.29) is 23.1 Å². The van der Waals surface area contributed by atoms with Crippen LogP contribution in [0.2, 0.25) is 0 Å². The lowest BCUT2D eigenvalue weighted by atomic mass is 10.0. The zero-order chi connectivity index (χ0) is 11.5. The lowest BCUT2D eigenvalue weighted by Crippen LogP contribution is -2.48. The SMILES string of the molecule is CCC(CC)(CNC(=O)C1(N)CC1)SC.Cl. The van der Waals surface area contributed by atoms with E-state index in [1.165, 1.54) is 0 Å². The van der Waals surface area contributed by atoms with E-state index in [2.05, 4.69) is 25.4 Å². The van der Waals surface area contributed by atoms with E-state index >= 15 is 0 Å². The third-order valence-electron chi connectivity index (χ3n) is 3.53. The zero-order valence-corrected chi connectivity index (χ0v) is 12.0. The summed E-state index contributed by atoms with van der Waals surface area (Å²) in [6.07, 6.45) is 5.92. The summed E-state index contributed by atoms with van der Waals surface area (Å²) in [5.41, 5.74) is 5.29. The number of carbonyl (C=O) groups excluding carboxylic acids is 1. The second-order valence-electron chi connectivity index (χ2n) is 4.43. The van der Waals surface area contributed by atoms with Crippen LogP contribution in [-0.4, -0.2) is 29.0 Å². The van der Waals surface area contributed by atoms with Gasteiger partial charge in [0.15, 0.2) is 0 Å². The Morgan fingerprint density at radius 2 is 1.94 bits per heavy atom. The van der Waals surface area contributed by atoms with Crippen LogP contribution < -0.4 is 11.1 Å². The van der Waals surface area contributed by atoms with Crippen LogP contribution in [0.1, 0.15) is 39.5 Å². The molecule has 96 valence electrons. The highest BCUT2D eigenvalue weighted by molar-refractivity contribution is 8.00. The third-order valence-corrected chi connectivity index (χ3v) is 5.12. The van der Waals surface area contributed by atoms with Gasteiger partial charge < -0.3 is 11.1 Å². The Hall–Kier alpha value is 0.0700. The van der Waals surface area contributed by atoms with E-state index in [4.69, 9.17) is 5.73 Å². The van der Waals surface area contributed by atoms with Gasteiger partial charge in [0.2, 0.25) is 5.91 Å². The summed E-state index contributed by atoms with van der Waals surface area (Å²) in [6.45, 7) is 5.07. The molecule has 0 heterocycles. The topological polar surface area (TPSA) is 55.1 Å². The van der Waals surface area contributed by atoms with Crippen molar-refractivity contribution in [2.24, 2.45) is 5.73 Å². The Kier molecular flexibility index (Phi) is 6.15. The largest absolute Gasteiger partial charge is 0.353 e. The maximum Gasteiger partial charge on any atom is 0.240 e. The van der Waals surface area contributed by atoms with Gasteiger partial charge in [-0.3, -0.25) is 4.79 Å². The number of rotatable bonds is 6. The summed E-state index contributed by atoms with van der Waals surface area (Å²) in [5, 5.41) is 2.99. The van der Waals surface area contributed by atoms with Gasteiger partial charge in [-0.1, -0.05) is 13.8 Å². The average Bonchev–Trinajstić information content (AvgIpc) is 3.00. The van der Waals surface area contributed by atoms with Crippen molar-refractivity contribution >= 4 is 30.1 Å². The van der Waals surface area contributed by atoms with Gasteiger partial charge in [-0.15, -0.1) is 12.4 Å². The van der Waals surface area contributed by atoms with E-state index in [1.807, 2.05) is 11.8 Å². The first-order chi connectivity index (χ1) is 7.02. The molecule has 0 spiro atoms. The van der Waals surface area contributed by atoms with E-state index in [0.29, 0.717) is 0 Å². The van der Waals surface area contributed by atoms with Crippen molar-refractivity contribution < 1.29 is 4.79 Å². The fourth-order valence-corrected chi connectivity index (χ4v) is 2.43. The van der Waals surface area contributed by atoms with Gasteiger partial charge >= 0.3 is 0 Å². The van der Waals surface area contributed by atoms with Crippen LogP contribution in [0.25, 0.3) is 0 Å². The van der Waals surface area contributed by atoms with E-state index in [9.17, 15) is 4.79 Å². The van der Waals surface area contributed by atoms with Crippen molar-refractivity contribution in [2.75, 3.05) is 12.8 Å². The molecule has 0 aromatic carbocycles. The number of hydrogen-bond donors (Lipinski definition) is 2. The molecule has 3 nitrogen and oxygen atoms in total. The summed E-state index contributed by atoms with van der Waals surface area (Å²) in [7, 11) is 0. The molecule has 16 heavy (non-hydrogen) atoms. The molecule has 1 fully saturated rings. The van der Waals surface area contributed by atoms with Crippen LogP contribution in [0, 0.1) is 0 Å². The number of carbonyl (C=O) groups is 1. The van der Waals surface area contributed by atoms with Gasteiger partial charge in [-0.05, 0) is 31.9 Å². The Bertz CT molecular complexity index is 232. The van der Waals surface area contributed by atoms with Crippen LogP contribution in [0.15, 0.2) is 0 Å². The minimum Gasteiger partial charge on any atom is -0.353 e. The average molecular weight is 267 g/mol. The van der Waals surface area contributed by atoms with Gasteiger partial charge in [0.05, 0.1) is 5.54 Å². The lowest BCUT2D eigenvalue weighted by Gasteiger charge is -2.30. The second-order valence-corrected chi connectivity index (χ2v) is 5.71. The molecule has 1 aliphatic carbocycles. The fraction of sp³-hybridized carbons (Fsp3) is 0.909. The maximum atomic E-state index is 11.7. The molecule has 0 radical (unpaired) electrons. The first-order valence-electron chi connectivity index (χ1n) is 5.64. The molecule has 1 saturated carbocycles. The third kappa shape index (κ3) is 3.54. The Morgan fingerprint density at radius 1 is 1.44 bits per heavy atom. The van der Waals surface area contributed by atoms with Gasteiger partial charge in [0.25, 0.3) is 0 Å². The fourth-order valence-electron chi connectivity index (χ4n) is 1.64. The van der Waals surface area contributed by atoms with Gasteiger partial charge in [-0.2, -0.15) is 11.8 Å². The smallest absolute Gasteiger partial charge is 0.240 e. The van der Waals surface area contributed by atoms with Crippen LogP contribution in [-0.2, 0) is 4.79 Å². The van der Waals surface area contributed by atoms with Crippen molar-refractivity contribution in [1.29, 1.82) is 0 Å². The molecule has 0 bridgehead atoms. The molecular weight excluding hydrogens is 244 g/mol. The predicted molar refractivity (Wildman–Crippen MR) is 73.2 cm³/mol. The number of amides is 1. The van der Waals surface area contributed by atoms with Crippen molar-refractivity contribution in [3.8, 4) is 0 Å². The summed E-state index contributed by atoms with van der Waals surface area (Å²) in [4.78, 5) is 11.7. The molecule has 1 amide bonds. The summed E-state index contributed by atoms with van der Waals surface area (Å²) in [5.74, 6) is 0.0304. The molecule has 3 N–H and O–H groups in total. The molecule has 1 rings (SSSR count). The molecule has 0 aliphatic heterocycles. The van der Waals surface area contributed by atoms with E-state index < -0.39 is 5.54 Å². The summed E-state index contributed by atoms with van der Waals surface area (Å²) < 4.78 is 0.181. The summed E-state index contributed by atoms with van der Waals surface area (Å²) >= 11 is 1.83. The van der Waals surface area contributed by atoms with Crippen LogP contribution in [0.3, 0.4) is 0 Å². The number of nitrogens with one attached hydrogen (secondary N) is 1. The zero-order valence-electron chi connectivity index (χ0n) is 10.3. The predicted octanol–water partition coefficient (Wildman–Crippen LogP) is 1.94. The summed E-state index contributed by atoms with van der Waals surface area (Å²) in [6, 6.07) is 0. The Balaban J connectivity index is 0.00000225. The maximum absolute atomic E-state index is 11.7. The first-order valence-corrected chi connectivity index (χ1v) is 6.87. The van der Waals surface area contributed by atoms with Gasteiger partial charge in [0.1, 0.15) is 0 Å². The highest BCUT2D eigenvalue weighted by atomic mass is 35.5. The normalized spacial score (nSPS) is 17.5. The van der Waals surface area contributed by atoms with Gasteiger partial charge in [0, 0.05) is 11.3 Å². The van der Waals surface area contributed by atoms with Gasteiger partial charge in [-0.25, -0.2) is 0 Å². The first kappa shape index (κ1) is 16.1. The monoisotopic (exact) mass is 266 g/mol. The minimum atomic E-state index is -0.536.